The van der Waals surface area contributed by atoms with Crippen LogP contribution in [0.3, 0.4) is 0 Å². The second kappa shape index (κ2) is 16.3. The topological polar surface area (TPSA) is 3.24 Å². The highest BCUT2D eigenvalue weighted by molar-refractivity contribution is 6.14. The van der Waals surface area contributed by atoms with Crippen LogP contribution in [0.15, 0.2) is 273 Å². The van der Waals surface area contributed by atoms with Crippen molar-refractivity contribution in [3.8, 4) is 44.5 Å². The second-order valence-corrected chi connectivity index (χ2v) is 17.9. The molecule has 0 bridgehead atoms. The van der Waals surface area contributed by atoms with Gasteiger partial charge in [0.15, 0.2) is 0 Å². The number of para-hydroxylation sites is 1. The molecule has 0 heterocycles. The van der Waals surface area contributed by atoms with Crippen molar-refractivity contribution in [2.45, 2.75) is 5.41 Å². The van der Waals surface area contributed by atoms with Crippen LogP contribution in [0, 0.1) is 0 Å². The van der Waals surface area contributed by atoms with Crippen LogP contribution in [0.5, 0.6) is 0 Å². The summed E-state index contributed by atoms with van der Waals surface area (Å²) in [6, 6.07) is 101. The first-order valence-electron chi connectivity index (χ1n) is 23.6. The van der Waals surface area contributed by atoms with Crippen LogP contribution in [0.25, 0.3) is 76.8 Å². The summed E-state index contributed by atoms with van der Waals surface area (Å²) in [5.41, 5.74) is 17.5. The van der Waals surface area contributed by atoms with Gasteiger partial charge in [0.25, 0.3) is 0 Å². The largest absolute Gasteiger partial charge is 0.310 e. The highest BCUT2D eigenvalue weighted by Crippen LogP contribution is 2.58. The predicted octanol–water partition coefficient (Wildman–Crippen LogP) is 18.0. The van der Waals surface area contributed by atoms with E-state index in [0.29, 0.717) is 0 Å². The first-order valence-corrected chi connectivity index (χ1v) is 23.6. The van der Waals surface area contributed by atoms with E-state index >= 15 is 0 Å². The molecule has 0 saturated heterocycles. The van der Waals surface area contributed by atoms with Crippen molar-refractivity contribution in [3.05, 3.63) is 295 Å². The summed E-state index contributed by atoms with van der Waals surface area (Å²) in [6.07, 6.45) is 0. The molecule has 0 fully saturated rings. The minimum absolute atomic E-state index is 0.546. The van der Waals surface area contributed by atoms with Crippen LogP contribution < -0.4 is 4.90 Å². The van der Waals surface area contributed by atoms with Gasteiger partial charge in [-0.3, -0.25) is 0 Å². The third-order valence-corrected chi connectivity index (χ3v) is 14.3. The number of benzene rings is 12. The monoisotopic (exact) mass is 863 g/mol. The summed E-state index contributed by atoms with van der Waals surface area (Å²) in [7, 11) is 0. The maximum absolute atomic E-state index is 2.49. The van der Waals surface area contributed by atoms with Gasteiger partial charge in [-0.1, -0.05) is 237 Å². The molecular formula is C67H45N. The van der Waals surface area contributed by atoms with Crippen molar-refractivity contribution in [3.63, 3.8) is 0 Å². The van der Waals surface area contributed by atoms with Crippen LogP contribution in [-0.4, -0.2) is 0 Å². The Morgan fingerprint density at radius 3 is 1.53 bits per heavy atom. The summed E-state index contributed by atoms with van der Waals surface area (Å²) in [4.78, 5) is 2.49. The Bertz CT molecular complexity index is 3800. The Morgan fingerprint density at radius 2 is 0.794 bits per heavy atom. The molecule has 1 heteroatoms. The van der Waals surface area contributed by atoms with Crippen molar-refractivity contribution >= 4 is 49.4 Å². The average molecular weight is 864 g/mol. The Labute approximate surface area is 397 Å². The molecule has 12 aromatic rings. The van der Waals surface area contributed by atoms with E-state index in [0.717, 1.165) is 22.6 Å². The van der Waals surface area contributed by atoms with Crippen LogP contribution in [0.1, 0.15) is 22.3 Å². The number of hydrogen-bond donors (Lipinski definition) is 0. The second-order valence-electron chi connectivity index (χ2n) is 17.9. The molecule has 0 aromatic heterocycles. The van der Waals surface area contributed by atoms with Gasteiger partial charge >= 0.3 is 0 Å². The molecular weight excluding hydrogens is 819 g/mol. The molecule has 0 N–H and O–H groups in total. The van der Waals surface area contributed by atoms with Crippen LogP contribution in [0.4, 0.5) is 17.1 Å². The summed E-state index contributed by atoms with van der Waals surface area (Å²) in [6.45, 7) is 0. The maximum Gasteiger partial charge on any atom is 0.0714 e. The summed E-state index contributed by atoms with van der Waals surface area (Å²) in [5, 5.41) is 7.49. The molecule has 12 aromatic carbocycles. The number of fused-ring (bicyclic) bond motifs is 7. The summed E-state index contributed by atoms with van der Waals surface area (Å²) in [5.74, 6) is 0. The Morgan fingerprint density at radius 1 is 0.265 bits per heavy atom. The van der Waals surface area contributed by atoms with Gasteiger partial charge in [-0.05, 0) is 130 Å². The maximum atomic E-state index is 2.49. The highest BCUT2D eigenvalue weighted by Gasteiger charge is 2.46. The smallest absolute Gasteiger partial charge is 0.0714 e. The third-order valence-electron chi connectivity index (χ3n) is 14.3. The molecule has 0 saturated carbocycles. The first-order chi connectivity index (χ1) is 33.8. The fourth-order valence-corrected chi connectivity index (χ4v) is 11.4. The minimum atomic E-state index is -0.546. The Kier molecular flexibility index (Phi) is 9.47. The molecule has 318 valence electrons. The van der Waals surface area contributed by atoms with Crippen molar-refractivity contribution in [2.75, 3.05) is 4.90 Å². The molecule has 0 amide bonds. The number of anilines is 3. The molecule has 1 aliphatic rings. The molecule has 0 unspecified atom stereocenters. The number of rotatable bonds is 8. The van der Waals surface area contributed by atoms with Gasteiger partial charge in [0.05, 0.1) is 11.1 Å². The van der Waals surface area contributed by atoms with Crippen molar-refractivity contribution in [1.82, 2.24) is 0 Å². The lowest BCUT2D eigenvalue weighted by molar-refractivity contribution is 0.768. The van der Waals surface area contributed by atoms with E-state index in [1.165, 1.54) is 93.5 Å². The number of hydrogen-bond acceptors (Lipinski definition) is 1. The van der Waals surface area contributed by atoms with Crippen LogP contribution in [0.2, 0.25) is 0 Å². The third kappa shape index (κ3) is 6.24. The van der Waals surface area contributed by atoms with E-state index in [1.807, 2.05) is 0 Å². The minimum Gasteiger partial charge on any atom is -0.310 e. The van der Waals surface area contributed by atoms with Crippen molar-refractivity contribution < 1.29 is 0 Å². The molecule has 1 nitrogen and oxygen atoms in total. The lowest BCUT2D eigenvalue weighted by Gasteiger charge is -2.35. The zero-order chi connectivity index (χ0) is 45.0. The lowest BCUT2D eigenvalue weighted by Crippen LogP contribution is -2.28. The zero-order valence-corrected chi connectivity index (χ0v) is 37.4. The average Bonchev–Trinajstić information content (AvgIpc) is 3.72. The van der Waals surface area contributed by atoms with E-state index in [-0.39, 0.29) is 0 Å². The van der Waals surface area contributed by atoms with E-state index < -0.39 is 5.41 Å². The van der Waals surface area contributed by atoms with Crippen molar-refractivity contribution in [1.29, 1.82) is 0 Å². The fourth-order valence-electron chi connectivity index (χ4n) is 11.4. The summed E-state index contributed by atoms with van der Waals surface area (Å²) < 4.78 is 0. The fraction of sp³-hybridized carbons (Fsp3) is 0.0149. The lowest BCUT2D eigenvalue weighted by atomic mass is 9.67. The molecule has 68 heavy (non-hydrogen) atoms. The van der Waals surface area contributed by atoms with E-state index in [9.17, 15) is 0 Å². The van der Waals surface area contributed by atoms with Gasteiger partial charge < -0.3 is 4.90 Å². The van der Waals surface area contributed by atoms with Gasteiger partial charge in [-0.15, -0.1) is 0 Å². The standard InChI is InChI=1S/C67H45N/c1-4-21-48(22-5-1)66-55-29-13-10-20-46(55)38-42-61(66)60-33-17-19-35-65(60)68(52-39-36-47(37-40-52)62-44-49-23-11-12-28-54(49)56-30-14-15-31-57(56)62)53-41-43-59-58-32-16-18-34-63(58)67(64(59)45-53,50-24-6-2-7-25-50)51-26-8-3-9-27-51/h1-45H. The van der Waals surface area contributed by atoms with E-state index in [2.05, 4.69) is 278 Å². The quantitative estimate of drug-likeness (QED) is 0.138. The van der Waals surface area contributed by atoms with Gasteiger partial charge in [-0.25, -0.2) is 0 Å². The van der Waals surface area contributed by atoms with Gasteiger partial charge in [-0.2, -0.15) is 0 Å². The molecule has 1 aliphatic carbocycles. The first kappa shape index (κ1) is 39.6. The molecule has 0 spiro atoms. The number of nitrogens with zero attached hydrogens (tertiary/aromatic N) is 1. The van der Waals surface area contributed by atoms with Crippen LogP contribution >= 0.6 is 0 Å². The Balaban J connectivity index is 1.07. The SMILES string of the molecule is c1ccc(-c2c(-c3ccccc3N(c3ccc(-c4cc5ccccc5c5ccccc45)cc3)c3ccc4c(c3)C(c3ccccc3)(c3ccccc3)c3ccccc3-4)ccc3ccccc23)cc1. The normalized spacial score (nSPS) is 12.5. The van der Waals surface area contributed by atoms with Crippen molar-refractivity contribution in [2.24, 2.45) is 0 Å². The molecule has 13 rings (SSSR count). The molecule has 0 radical (unpaired) electrons. The zero-order valence-electron chi connectivity index (χ0n) is 37.4. The van der Waals surface area contributed by atoms with Gasteiger partial charge in [0.1, 0.15) is 0 Å². The summed E-state index contributed by atoms with van der Waals surface area (Å²) >= 11 is 0. The predicted molar refractivity (Wildman–Crippen MR) is 287 cm³/mol. The molecule has 0 aliphatic heterocycles. The van der Waals surface area contributed by atoms with E-state index in [1.54, 1.807) is 0 Å². The molecule has 0 atom stereocenters. The van der Waals surface area contributed by atoms with Gasteiger partial charge in [0, 0.05) is 16.9 Å². The van der Waals surface area contributed by atoms with Crippen LogP contribution in [-0.2, 0) is 5.41 Å². The Hall–Kier alpha value is -8.78. The van der Waals surface area contributed by atoms with Gasteiger partial charge in [0.2, 0.25) is 0 Å². The highest BCUT2D eigenvalue weighted by atomic mass is 15.1. The van der Waals surface area contributed by atoms with E-state index in [4.69, 9.17) is 0 Å².